The second-order valence-corrected chi connectivity index (χ2v) is 5.90. The summed E-state index contributed by atoms with van der Waals surface area (Å²) < 4.78 is 26.4. The summed E-state index contributed by atoms with van der Waals surface area (Å²) >= 11 is 5.77. The summed E-state index contributed by atoms with van der Waals surface area (Å²) in [5.74, 6) is 0.278. The molecule has 1 aromatic carbocycles. The monoisotopic (exact) mass is 282 g/mol. The molecule has 2 aromatic rings. The molecule has 2 rings (SSSR count). The molecule has 0 amide bonds. The van der Waals surface area contributed by atoms with Gasteiger partial charge in [-0.1, -0.05) is 23.7 Å². The van der Waals surface area contributed by atoms with Crippen molar-refractivity contribution in [1.29, 1.82) is 0 Å². The molecule has 1 aromatic heterocycles. The van der Waals surface area contributed by atoms with Gasteiger partial charge in [0.1, 0.15) is 5.82 Å². The fourth-order valence-electron chi connectivity index (χ4n) is 1.36. The fourth-order valence-corrected chi connectivity index (χ4v) is 2.67. The third-order valence-corrected chi connectivity index (χ3v) is 3.84. The summed E-state index contributed by atoms with van der Waals surface area (Å²) in [5.41, 5.74) is 0.959. The molecule has 0 saturated heterocycles. The van der Waals surface area contributed by atoms with Crippen LogP contribution in [-0.4, -0.2) is 13.4 Å². The van der Waals surface area contributed by atoms with Crippen molar-refractivity contribution in [3.8, 4) is 0 Å². The standard InChI is InChI=1S/C12H11ClN2O2S/c1-9-5-6-12(14-8-9)15-18(16,17)11-4-2-3-10(13)7-11/h2-8H,1H3,(H,14,15). The zero-order valence-corrected chi connectivity index (χ0v) is 11.2. The van der Waals surface area contributed by atoms with Crippen LogP contribution in [0.3, 0.4) is 0 Å². The van der Waals surface area contributed by atoms with Crippen LogP contribution in [-0.2, 0) is 10.0 Å². The van der Waals surface area contributed by atoms with E-state index < -0.39 is 10.0 Å². The Balaban J connectivity index is 2.30. The number of anilines is 1. The Labute approximate surface area is 111 Å². The second-order valence-electron chi connectivity index (χ2n) is 3.78. The number of pyridine rings is 1. The molecular weight excluding hydrogens is 272 g/mol. The van der Waals surface area contributed by atoms with Gasteiger partial charge in [0, 0.05) is 11.2 Å². The molecule has 18 heavy (non-hydrogen) atoms. The maximum absolute atomic E-state index is 12.0. The van der Waals surface area contributed by atoms with E-state index in [1.807, 2.05) is 6.92 Å². The summed E-state index contributed by atoms with van der Waals surface area (Å²) in [6.45, 7) is 1.88. The van der Waals surface area contributed by atoms with E-state index in [0.29, 0.717) is 5.02 Å². The highest BCUT2D eigenvalue weighted by Crippen LogP contribution is 2.18. The van der Waals surface area contributed by atoms with Gasteiger partial charge in [0.15, 0.2) is 0 Å². The van der Waals surface area contributed by atoms with Crippen molar-refractivity contribution in [2.75, 3.05) is 4.72 Å². The minimum absolute atomic E-state index is 0.109. The number of halogens is 1. The molecule has 6 heteroatoms. The second kappa shape index (κ2) is 4.96. The van der Waals surface area contributed by atoms with Crippen LogP contribution >= 0.6 is 11.6 Å². The summed E-state index contributed by atoms with van der Waals surface area (Å²) in [6, 6.07) is 9.45. The normalized spacial score (nSPS) is 11.2. The van der Waals surface area contributed by atoms with E-state index in [1.165, 1.54) is 12.1 Å². The van der Waals surface area contributed by atoms with Gasteiger partial charge in [0.25, 0.3) is 10.0 Å². The zero-order valence-electron chi connectivity index (χ0n) is 9.59. The van der Waals surface area contributed by atoms with E-state index in [0.717, 1.165) is 5.56 Å². The first kappa shape index (κ1) is 12.9. The molecular formula is C12H11ClN2O2S. The Morgan fingerprint density at radius 2 is 2.00 bits per heavy atom. The lowest BCUT2D eigenvalue weighted by Crippen LogP contribution is -2.13. The van der Waals surface area contributed by atoms with Crippen LogP contribution in [0.2, 0.25) is 5.02 Å². The first-order valence-electron chi connectivity index (χ1n) is 5.18. The number of nitrogens with zero attached hydrogens (tertiary/aromatic N) is 1. The maximum atomic E-state index is 12.0. The van der Waals surface area contributed by atoms with E-state index in [1.54, 1.807) is 30.5 Å². The Kier molecular flexibility index (Phi) is 3.54. The predicted molar refractivity (Wildman–Crippen MR) is 71.2 cm³/mol. The van der Waals surface area contributed by atoms with E-state index in [4.69, 9.17) is 11.6 Å². The number of hydrogen-bond donors (Lipinski definition) is 1. The molecule has 0 aliphatic rings. The van der Waals surface area contributed by atoms with Crippen molar-refractivity contribution in [2.24, 2.45) is 0 Å². The molecule has 4 nitrogen and oxygen atoms in total. The first-order valence-corrected chi connectivity index (χ1v) is 7.04. The third-order valence-electron chi connectivity index (χ3n) is 2.26. The Morgan fingerprint density at radius 1 is 1.22 bits per heavy atom. The van der Waals surface area contributed by atoms with Crippen LogP contribution in [0, 0.1) is 6.92 Å². The van der Waals surface area contributed by atoms with Crippen LogP contribution < -0.4 is 4.72 Å². The average Bonchev–Trinajstić information content (AvgIpc) is 2.32. The summed E-state index contributed by atoms with van der Waals surface area (Å²) in [6.07, 6.45) is 1.59. The van der Waals surface area contributed by atoms with Crippen molar-refractivity contribution in [3.05, 3.63) is 53.2 Å². The van der Waals surface area contributed by atoms with Crippen molar-refractivity contribution in [2.45, 2.75) is 11.8 Å². The van der Waals surface area contributed by atoms with Gasteiger partial charge in [-0.05, 0) is 36.8 Å². The summed E-state index contributed by atoms with van der Waals surface area (Å²) in [7, 11) is -3.65. The van der Waals surface area contributed by atoms with Gasteiger partial charge in [0.2, 0.25) is 0 Å². The topological polar surface area (TPSA) is 59.1 Å². The van der Waals surface area contributed by atoms with Gasteiger partial charge < -0.3 is 0 Å². The van der Waals surface area contributed by atoms with E-state index >= 15 is 0 Å². The molecule has 0 saturated carbocycles. The van der Waals surface area contributed by atoms with Gasteiger partial charge in [0.05, 0.1) is 4.90 Å². The van der Waals surface area contributed by atoms with Crippen LogP contribution in [0.4, 0.5) is 5.82 Å². The number of rotatable bonds is 3. The molecule has 1 heterocycles. The Bertz CT molecular complexity index is 654. The van der Waals surface area contributed by atoms with Gasteiger partial charge in [-0.2, -0.15) is 0 Å². The number of benzene rings is 1. The number of hydrogen-bond acceptors (Lipinski definition) is 3. The lowest BCUT2D eigenvalue weighted by molar-refractivity contribution is 0.601. The highest BCUT2D eigenvalue weighted by Gasteiger charge is 2.14. The third kappa shape index (κ3) is 3.00. The lowest BCUT2D eigenvalue weighted by atomic mass is 10.3. The lowest BCUT2D eigenvalue weighted by Gasteiger charge is -2.07. The molecule has 94 valence electrons. The summed E-state index contributed by atoms with van der Waals surface area (Å²) in [5, 5.41) is 0.370. The zero-order chi connectivity index (χ0) is 13.2. The smallest absolute Gasteiger partial charge is 0.263 e. The highest BCUT2D eigenvalue weighted by atomic mass is 35.5. The predicted octanol–water partition coefficient (Wildman–Crippen LogP) is 2.84. The largest absolute Gasteiger partial charge is 0.263 e. The Morgan fingerprint density at radius 3 is 2.61 bits per heavy atom. The SMILES string of the molecule is Cc1ccc(NS(=O)(=O)c2cccc(Cl)c2)nc1. The number of aromatic nitrogens is 1. The van der Waals surface area contributed by atoms with Crippen molar-refractivity contribution in [1.82, 2.24) is 4.98 Å². The van der Waals surface area contributed by atoms with E-state index in [-0.39, 0.29) is 10.7 Å². The van der Waals surface area contributed by atoms with Gasteiger partial charge in [-0.3, -0.25) is 4.72 Å². The minimum atomic E-state index is -3.65. The van der Waals surface area contributed by atoms with Gasteiger partial charge in [-0.15, -0.1) is 0 Å². The van der Waals surface area contributed by atoms with Gasteiger partial charge >= 0.3 is 0 Å². The molecule has 0 spiro atoms. The molecule has 0 atom stereocenters. The van der Waals surface area contributed by atoms with Crippen LogP contribution in [0.15, 0.2) is 47.5 Å². The van der Waals surface area contributed by atoms with Crippen LogP contribution in [0.25, 0.3) is 0 Å². The number of aryl methyl sites for hydroxylation is 1. The average molecular weight is 283 g/mol. The number of sulfonamides is 1. The molecule has 0 bridgehead atoms. The molecule has 0 aliphatic heterocycles. The quantitative estimate of drug-likeness (QED) is 0.942. The fraction of sp³-hybridized carbons (Fsp3) is 0.0833. The molecule has 0 radical (unpaired) electrons. The van der Waals surface area contributed by atoms with Crippen molar-refractivity contribution in [3.63, 3.8) is 0 Å². The number of nitrogens with one attached hydrogen (secondary N) is 1. The molecule has 0 fully saturated rings. The van der Waals surface area contributed by atoms with E-state index in [2.05, 4.69) is 9.71 Å². The van der Waals surface area contributed by atoms with Crippen LogP contribution in [0.1, 0.15) is 5.56 Å². The maximum Gasteiger partial charge on any atom is 0.263 e. The van der Waals surface area contributed by atoms with Crippen LogP contribution in [0.5, 0.6) is 0 Å². The van der Waals surface area contributed by atoms with Crippen molar-refractivity contribution >= 4 is 27.4 Å². The first-order chi connectivity index (χ1) is 8.47. The van der Waals surface area contributed by atoms with E-state index in [9.17, 15) is 8.42 Å². The molecule has 1 N–H and O–H groups in total. The Hall–Kier alpha value is -1.59. The molecule has 0 unspecified atom stereocenters. The minimum Gasteiger partial charge on any atom is -0.263 e. The molecule has 0 aliphatic carbocycles. The summed E-state index contributed by atoms with van der Waals surface area (Å²) in [4.78, 5) is 4.10. The van der Waals surface area contributed by atoms with Gasteiger partial charge in [-0.25, -0.2) is 13.4 Å². The van der Waals surface area contributed by atoms with Crippen molar-refractivity contribution < 1.29 is 8.42 Å². The highest BCUT2D eigenvalue weighted by molar-refractivity contribution is 7.92.